The van der Waals surface area contributed by atoms with Crippen molar-refractivity contribution in [2.75, 3.05) is 0 Å². The van der Waals surface area contributed by atoms with Crippen molar-refractivity contribution in [2.24, 2.45) is 0 Å². The first kappa shape index (κ1) is 46.4. The van der Waals surface area contributed by atoms with Gasteiger partial charge < -0.3 is 13.7 Å². The number of thiophene rings is 3. The summed E-state index contributed by atoms with van der Waals surface area (Å²) in [7, 11) is 0. The number of rotatable bonds is 6. The molecule has 12 aromatic carbocycles. The largest absolute Gasteiger partial charge is 0.309 e. The molecule has 0 unspecified atom stereocenters. The molecule has 0 spiro atoms. The lowest BCUT2D eigenvalue weighted by Crippen LogP contribution is -2.00. The van der Waals surface area contributed by atoms with Gasteiger partial charge in [0.2, 0.25) is 0 Å². The summed E-state index contributed by atoms with van der Waals surface area (Å²) in [5, 5.41) is 15.4. The second-order valence-corrected chi connectivity index (χ2v) is 25.2. The summed E-state index contributed by atoms with van der Waals surface area (Å²) >= 11 is 5.60. The molecular weight excluding hydrogens is 1080 g/mol. The Hall–Kier alpha value is -10.2. The standard InChI is InChI=1S/C76H43N5S3/c1-7-28-58-50(22-1)70-61(34-37-67-73(70)53-25-4-10-31-64(53)82-67)79(58)47-19-13-16-44(40-47)56-43-57(45-17-14-20-48(41-45)80-59-29-8-2-23-51(59)71-62(80)35-38-68-74(71)54-26-5-11-32-65(54)83-68)78-76(77-56)46-18-15-21-49(42-46)81-60-30-9-3-24-52(60)72-63(81)36-39-69-75(72)55-27-6-12-33-66(55)84-69/h1-43H. The summed E-state index contributed by atoms with van der Waals surface area (Å²) in [6.45, 7) is 0. The minimum absolute atomic E-state index is 0.652. The fourth-order valence-corrected chi connectivity index (χ4v) is 17.3. The molecule has 0 N–H and O–H groups in total. The lowest BCUT2D eigenvalue weighted by atomic mass is 10.0. The molecule has 0 amide bonds. The molecule has 8 heteroatoms. The van der Waals surface area contributed by atoms with Crippen LogP contribution in [-0.4, -0.2) is 23.7 Å². The number of benzene rings is 12. The highest BCUT2D eigenvalue weighted by Gasteiger charge is 2.23. The van der Waals surface area contributed by atoms with E-state index in [9.17, 15) is 0 Å². The minimum atomic E-state index is 0.652. The van der Waals surface area contributed by atoms with E-state index in [4.69, 9.17) is 9.97 Å². The average Bonchev–Trinajstić information content (AvgIpc) is 2.54. The van der Waals surface area contributed by atoms with Crippen LogP contribution in [0, 0.1) is 0 Å². The van der Waals surface area contributed by atoms with Gasteiger partial charge >= 0.3 is 0 Å². The molecule has 0 saturated carbocycles. The molecule has 7 aromatic heterocycles. The minimum Gasteiger partial charge on any atom is -0.309 e. The van der Waals surface area contributed by atoms with Gasteiger partial charge in [-0.1, -0.05) is 146 Å². The van der Waals surface area contributed by atoms with E-state index in [0.717, 1.165) is 50.7 Å². The number of aromatic nitrogens is 5. The Kier molecular flexibility index (Phi) is 9.75. The third-order valence-electron chi connectivity index (χ3n) is 17.4. The first-order chi connectivity index (χ1) is 41.6. The van der Waals surface area contributed by atoms with Crippen LogP contribution in [0.25, 0.3) is 177 Å². The lowest BCUT2D eigenvalue weighted by molar-refractivity contribution is 1.15. The second kappa shape index (κ2) is 17.6. The maximum Gasteiger partial charge on any atom is 0.160 e. The third-order valence-corrected chi connectivity index (χ3v) is 20.8. The van der Waals surface area contributed by atoms with Gasteiger partial charge in [0, 0.05) is 127 Å². The zero-order chi connectivity index (χ0) is 54.7. The van der Waals surface area contributed by atoms with Gasteiger partial charge in [-0.25, -0.2) is 9.97 Å². The smallest absolute Gasteiger partial charge is 0.160 e. The van der Waals surface area contributed by atoms with Gasteiger partial charge in [0.25, 0.3) is 0 Å². The molecule has 0 fully saturated rings. The monoisotopic (exact) mass is 1120 g/mol. The highest BCUT2D eigenvalue weighted by atomic mass is 32.1. The maximum absolute atomic E-state index is 5.60. The summed E-state index contributed by atoms with van der Waals surface area (Å²) < 4.78 is 15.1. The van der Waals surface area contributed by atoms with E-state index in [0.29, 0.717) is 5.82 Å². The van der Waals surface area contributed by atoms with Crippen LogP contribution in [0.2, 0.25) is 0 Å². The number of para-hydroxylation sites is 3. The summed E-state index contributed by atoms with van der Waals surface area (Å²) in [5.74, 6) is 0.652. The van der Waals surface area contributed by atoms with Crippen LogP contribution in [0.15, 0.2) is 261 Å². The van der Waals surface area contributed by atoms with E-state index in [2.05, 4.69) is 275 Å². The molecule has 19 rings (SSSR count). The molecule has 0 saturated heterocycles. The molecule has 84 heavy (non-hydrogen) atoms. The molecule has 0 bridgehead atoms. The highest BCUT2D eigenvalue weighted by Crippen LogP contribution is 2.47. The van der Waals surface area contributed by atoms with Crippen molar-refractivity contribution < 1.29 is 0 Å². The summed E-state index contributed by atoms with van der Waals surface area (Å²) in [5.41, 5.74) is 14.8. The fourth-order valence-electron chi connectivity index (χ4n) is 13.9. The van der Waals surface area contributed by atoms with Crippen molar-refractivity contribution >= 4 is 160 Å². The quantitative estimate of drug-likeness (QED) is 0.166. The molecule has 0 aliphatic carbocycles. The van der Waals surface area contributed by atoms with E-state index in [1.54, 1.807) is 0 Å². The highest BCUT2D eigenvalue weighted by molar-refractivity contribution is 7.26. The fraction of sp³-hybridized carbons (Fsp3) is 0. The van der Waals surface area contributed by atoms with Crippen LogP contribution >= 0.6 is 34.0 Å². The Morgan fingerprint density at radius 1 is 0.226 bits per heavy atom. The van der Waals surface area contributed by atoms with Crippen molar-refractivity contribution in [3.8, 4) is 51.0 Å². The average molecular weight is 1120 g/mol. The third kappa shape index (κ3) is 6.64. The first-order valence-electron chi connectivity index (χ1n) is 28.4. The molecule has 0 radical (unpaired) electrons. The van der Waals surface area contributed by atoms with Crippen molar-refractivity contribution in [2.45, 2.75) is 0 Å². The number of hydrogen-bond acceptors (Lipinski definition) is 5. The van der Waals surface area contributed by atoms with Crippen LogP contribution in [0.3, 0.4) is 0 Å². The Morgan fingerprint density at radius 2 is 0.548 bits per heavy atom. The predicted octanol–water partition coefficient (Wildman–Crippen LogP) is 21.9. The van der Waals surface area contributed by atoms with E-state index < -0.39 is 0 Å². The molecule has 0 atom stereocenters. The van der Waals surface area contributed by atoms with Gasteiger partial charge in [-0.05, 0) is 115 Å². The Morgan fingerprint density at radius 3 is 0.929 bits per heavy atom. The second-order valence-electron chi connectivity index (χ2n) is 22.0. The zero-order valence-electron chi connectivity index (χ0n) is 44.8. The van der Waals surface area contributed by atoms with Gasteiger partial charge in [0.15, 0.2) is 5.82 Å². The van der Waals surface area contributed by atoms with E-state index in [-0.39, 0.29) is 0 Å². The molecular formula is C76H43N5S3. The molecule has 0 aliphatic heterocycles. The van der Waals surface area contributed by atoms with Crippen molar-refractivity contribution in [3.05, 3.63) is 261 Å². The maximum atomic E-state index is 5.60. The number of nitrogens with zero attached hydrogens (tertiary/aromatic N) is 5. The van der Waals surface area contributed by atoms with E-state index in [1.807, 2.05) is 34.0 Å². The van der Waals surface area contributed by atoms with E-state index >= 15 is 0 Å². The van der Waals surface area contributed by atoms with Crippen LogP contribution in [-0.2, 0) is 0 Å². The lowest BCUT2D eigenvalue weighted by Gasteiger charge is -2.14. The zero-order valence-corrected chi connectivity index (χ0v) is 47.2. The molecule has 7 heterocycles. The van der Waals surface area contributed by atoms with Crippen molar-refractivity contribution in [1.82, 2.24) is 23.7 Å². The van der Waals surface area contributed by atoms with Gasteiger partial charge in [0.1, 0.15) is 0 Å². The molecule has 390 valence electrons. The summed E-state index contributed by atoms with van der Waals surface area (Å²) in [6, 6.07) is 95.7. The SMILES string of the molecule is c1cc(-c2cc(-c3cccc(-n4c5ccccc5c5c6c(ccc54)sc4ccccc46)c3)nc(-c3cccc(-n4c5ccccc5c5c6c(ccc54)sc4ccccc46)c3)n2)cc(-n2c3ccccc3c3c4c(ccc32)sc2ccccc24)c1. The first-order valence-corrected chi connectivity index (χ1v) is 30.8. The Labute approximate surface area is 492 Å². The van der Waals surface area contributed by atoms with Gasteiger partial charge in [-0.2, -0.15) is 0 Å². The van der Waals surface area contributed by atoms with Crippen LogP contribution in [0.1, 0.15) is 0 Å². The molecule has 19 aromatic rings. The topological polar surface area (TPSA) is 40.6 Å². The Bertz CT molecular complexity index is 5430. The molecule has 0 aliphatic rings. The number of fused-ring (bicyclic) bond motifs is 21. The van der Waals surface area contributed by atoms with Crippen LogP contribution < -0.4 is 0 Å². The van der Waals surface area contributed by atoms with Crippen molar-refractivity contribution in [1.29, 1.82) is 0 Å². The molecule has 5 nitrogen and oxygen atoms in total. The normalized spacial score (nSPS) is 12.3. The van der Waals surface area contributed by atoms with Crippen LogP contribution in [0.5, 0.6) is 0 Å². The van der Waals surface area contributed by atoms with Gasteiger partial charge in [-0.3, -0.25) is 0 Å². The van der Waals surface area contributed by atoms with Gasteiger partial charge in [0.05, 0.1) is 44.5 Å². The predicted molar refractivity (Wildman–Crippen MR) is 360 cm³/mol. The Balaban J connectivity index is 0.822. The van der Waals surface area contributed by atoms with Crippen LogP contribution in [0.4, 0.5) is 0 Å². The number of hydrogen-bond donors (Lipinski definition) is 0. The van der Waals surface area contributed by atoms with Gasteiger partial charge in [-0.15, -0.1) is 34.0 Å². The van der Waals surface area contributed by atoms with E-state index in [1.165, 1.54) is 120 Å². The summed E-state index contributed by atoms with van der Waals surface area (Å²) in [4.78, 5) is 11.2. The van der Waals surface area contributed by atoms with Crippen molar-refractivity contribution in [3.63, 3.8) is 0 Å². The summed E-state index contributed by atoms with van der Waals surface area (Å²) in [6.07, 6.45) is 0.